The van der Waals surface area contributed by atoms with Gasteiger partial charge in [-0.05, 0) is 48.7 Å². The molecule has 0 amide bonds. The van der Waals surface area contributed by atoms with E-state index in [0.29, 0.717) is 17.5 Å². The third-order valence-corrected chi connectivity index (χ3v) is 4.20. The van der Waals surface area contributed by atoms with E-state index in [1.54, 1.807) is 0 Å². The molecule has 1 aliphatic carbocycles. The summed E-state index contributed by atoms with van der Waals surface area (Å²) < 4.78 is 5.81. The minimum atomic E-state index is 0.0387. The standard InChI is InChI=1S/C16H18ClN3O/c17-12-4-6-13(7-5-12)21-10-15(20-18)14-8-3-11-2-1-9-19-16(11)14/h1-2,4-7,9,14-15,20H,3,8,10,18H2. The Morgan fingerprint density at radius 2 is 2.14 bits per heavy atom. The summed E-state index contributed by atoms with van der Waals surface area (Å²) in [4.78, 5) is 4.51. The van der Waals surface area contributed by atoms with Gasteiger partial charge < -0.3 is 4.74 Å². The number of hydrogen-bond acceptors (Lipinski definition) is 4. The molecule has 0 saturated heterocycles. The van der Waals surface area contributed by atoms with E-state index in [0.717, 1.165) is 24.3 Å². The molecule has 0 aliphatic heterocycles. The number of benzene rings is 1. The molecule has 0 fully saturated rings. The molecule has 0 bridgehead atoms. The van der Waals surface area contributed by atoms with Crippen molar-refractivity contribution in [1.29, 1.82) is 0 Å². The lowest BCUT2D eigenvalue weighted by atomic mass is 9.98. The van der Waals surface area contributed by atoms with E-state index in [1.165, 1.54) is 5.56 Å². The Balaban J connectivity index is 1.67. The van der Waals surface area contributed by atoms with Crippen LogP contribution in [-0.4, -0.2) is 17.6 Å². The van der Waals surface area contributed by atoms with Gasteiger partial charge in [0.05, 0.1) is 6.04 Å². The zero-order chi connectivity index (χ0) is 14.7. The van der Waals surface area contributed by atoms with Crippen LogP contribution in [0.25, 0.3) is 0 Å². The zero-order valence-electron chi connectivity index (χ0n) is 11.6. The normalized spacial score (nSPS) is 18.3. The zero-order valence-corrected chi connectivity index (χ0v) is 12.4. The van der Waals surface area contributed by atoms with Crippen LogP contribution in [0.2, 0.25) is 5.02 Å². The third kappa shape index (κ3) is 3.18. The number of nitrogens with one attached hydrogen (secondary N) is 1. The molecule has 0 spiro atoms. The van der Waals surface area contributed by atoms with Crippen LogP contribution in [0, 0.1) is 0 Å². The maximum absolute atomic E-state index is 5.87. The summed E-state index contributed by atoms with van der Waals surface area (Å²) in [6.07, 6.45) is 3.93. The molecule has 1 aliphatic rings. The number of nitrogens with two attached hydrogens (primary N) is 1. The largest absolute Gasteiger partial charge is 0.492 e. The van der Waals surface area contributed by atoms with Gasteiger partial charge in [0.2, 0.25) is 0 Å². The lowest BCUT2D eigenvalue weighted by molar-refractivity contribution is 0.242. The molecule has 21 heavy (non-hydrogen) atoms. The smallest absolute Gasteiger partial charge is 0.119 e. The Morgan fingerprint density at radius 1 is 1.33 bits per heavy atom. The van der Waals surface area contributed by atoms with E-state index in [9.17, 15) is 0 Å². The van der Waals surface area contributed by atoms with Crippen molar-refractivity contribution in [1.82, 2.24) is 10.4 Å². The fraction of sp³-hybridized carbons (Fsp3) is 0.312. The molecule has 2 atom stereocenters. The van der Waals surface area contributed by atoms with Crippen LogP contribution in [-0.2, 0) is 6.42 Å². The van der Waals surface area contributed by atoms with Crippen LogP contribution in [0.15, 0.2) is 42.6 Å². The van der Waals surface area contributed by atoms with E-state index in [1.807, 2.05) is 36.5 Å². The Labute approximate surface area is 129 Å². The maximum atomic E-state index is 5.87. The van der Waals surface area contributed by atoms with Gasteiger partial charge in [-0.15, -0.1) is 0 Å². The number of ether oxygens (including phenoxy) is 1. The minimum absolute atomic E-state index is 0.0387. The predicted molar refractivity (Wildman–Crippen MR) is 83.4 cm³/mol. The van der Waals surface area contributed by atoms with Crippen molar-refractivity contribution in [2.45, 2.75) is 24.8 Å². The number of rotatable bonds is 5. The number of halogens is 1. The number of aryl methyl sites for hydroxylation is 1. The van der Waals surface area contributed by atoms with E-state index < -0.39 is 0 Å². The second kappa shape index (κ2) is 6.43. The fourth-order valence-electron chi connectivity index (χ4n) is 2.83. The van der Waals surface area contributed by atoms with Crippen LogP contribution in [0.3, 0.4) is 0 Å². The van der Waals surface area contributed by atoms with E-state index >= 15 is 0 Å². The summed E-state index contributed by atoms with van der Waals surface area (Å²) in [5, 5.41) is 0.699. The highest BCUT2D eigenvalue weighted by Crippen LogP contribution is 2.33. The summed E-state index contributed by atoms with van der Waals surface area (Å²) >= 11 is 5.87. The van der Waals surface area contributed by atoms with Crippen LogP contribution >= 0.6 is 11.6 Å². The number of hydrogen-bond donors (Lipinski definition) is 2. The van der Waals surface area contributed by atoms with Gasteiger partial charge in [0.15, 0.2) is 0 Å². The van der Waals surface area contributed by atoms with Crippen molar-refractivity contribution in [2.24, 2.45) is 5.84 Å². The van der Waals surface area contributed by atoms with Crippen molar-refractivity contribution in [3.8, 4) is 5.75 Å². The third-order valence-electron chi connectivity index (χ3n) is 3.94. The lowest BCUT2D eigenvalue weighted by Crippen LogP contribution is -2.43. The molecule has 2 unspecified atom stereocenters. The number of fused-ring (bicyclic) bond motifs is 1. The second-order valence-corrected chi connectivity index (χ2v) is 5.67. The molecule has 110 valence electrons. The first-order valence-corrected chi connectivity index (χ1v) is 7.44. The van der Waals surface area contributed by atoms with Gasteiger partial charge in [-0.25, -0.2) is 0 Å². The van der Waals surface area contributed by atoms with Crippen LogP contribution < -0.4 is 16.0 Å². The van der Waals surface area contributed by atoms with Gasteiger partial charge in [-0.2, -0.15) is 0 Å². The maximum Gasteiger partial charge on any atom is 0.119 e. The Hall–Kier alpha value is -1.62. The number of hydrazine groups is 1. The second-order valence-electron chi connectivity index (χ2n) is 5.23. The number of pyridine rings is 1. The molecule has 1 heterocycles. The van der Waals surface area contributed by atoms with Crippen LogP contribution in [0.5, 0.6) is 5.75 Å². The molecule has 1 aromatic heterocycles. The number of nitrogens with zero attached hydrogens (tertiary/aromatic N) is 1. The van der Waals surface area contributed by atoms with Crippen LogP contribution in [0.1, 0.15) is 23.6 Å². The summed E-state index contributed by atoms with van der Waals surface area (Å²) in [7, 11) is 0. The van der Waals surface area contributed by atoms with Crippen molar-refractivity contribution < 1.29 is 4.74 Å². The minimum Gasteiger partial charge on any atom is -0.492 e. The summed E-state index contributed by atoms with van der Waals surface area (Å²) in [6.45, 7) is 0.499. The average molecular weight is 304 g/mol. The van der Waals surface area contributed by atoms with Crippen molar-refractivity contribution >= 4 is 11.6 Å². The van der Waals surface area contributed by atoms with Gasteiger partial charge in [0.1, 0.15) is 12.4 Å². The number of aromatic nitrogens is 1. The quantitative estimate of drug-likeness (QED) is 0.658. The summed E-state index contributed by atoms with van der Waals surface area (Å²) in [5.41, 5.74) is 5.33. The molecular weight excluding hydrogens is 286 g/mol. The summed E-state index contributed by atoms with van der Waals surface area (Å²) in [5.74, 6) is 6.80. The first kappa shape index (κ1) is 14.3. The fourth-order valence-corrected chi connectivity index (χ4v) is 2.96. The van der Waals surface area contributed by atoms with Gasteiger partial charge in [0.25, 0.3) is 0 Å². The molecule has 0 saturated carbocycles. The van der Waals surface area contributed by atoms with E-state index in [-0.39, 0.29) is 6.04 Å². The van der Waals surface area contributed by atoms with Crippen LogP contribution in [0.4, 0.5) is 0 Å². The molecule has 2 aromatic rings. The highest BCUT2D eigenvalue weighted by Gasteiger charge is 2.30. The predicted octanol–water partition coefficient (Wildman–Crippen LogP) is 2.68. The van der Waals surface area contributed by atoms with Gasteiger partial charge in [-0.1, -0.05) is 17.7 Å². The Kier molecular flexibility index (Phi) is 4.39. The van der Waals surface area contributed by atoms with Gasteiger partial charge in [-0.3, -0.25) is 16.3 Å². The Bertz CT molecular complexity index is 603. The first-order chi connectivity index (χ1) is 10.3. The average Bonchev–Trinajstić information content (AvgIpc) is 2.94. The monoisotopic (exact) mass is 303 g/mol. The molecule has 5 heteroatoms. The highest BCUT2D eigenvalue weighted by molar-refractivity contribution is 6.30. The van der Waals surface area contributed by atoms with E-state index in [2.05, 4.69) is 16.5 Å². The van der Waals surface area contributed by atoms with Gasteiger partial charge >= 0.3 is 0 Å². The Morgan fingerprint density at radius 3 is 2.90 bits per heavy atom. The molecule has 1 aromatic carbocycles. The molecule has 3 rings (SSSR count). The first-order valence-electron chi connectivity index (χ1n) is 7.06. The van der Waals surface area contributed by atoms with Crippen molar-refractivity contribution in [3.05, 3.63) is 58.9 Å². The lowest BCUT2D eigenvalue weighted by Gasteiger charge is -2.23. The van der Waals surface area contributed by atoms with E-state index in [4.69, 9.17) is 22.2 Å². The summed E-state index contributed by atoms with van der Waals surface area (Å²) in [6, 6.07) is 11.5. The van der Waals surface area contributed by atoms with Crippen molar-refractivity contribution in [3.63, 3.8) is 0 Å². The highest BCUT2D eigenvalue weighted by atomic mass is 35.5. The topological polar surface area (TPSA) is 60.2 Å². The molecule has 0 radical (unpaired) electrons. The molecule has 4 nitrogen and oxygen atoms in total. The molecular formula is C16H18ClN3O. The molecule has 3 N–H and O–H groups in total. The van der Waals surface area contributed by atoms with Gasteiger partial charge in [0, 0.05) is 22.8 Å². The van der Waals surface area contributed by atoms with Crippen molar-refractivity contribution in [2.75, 3.05) is 6.61 Å². The SMILES string of the molecule is NNC(COc1ccc(Cl)cc1)C1CCc2cccnc21.